The number of aromatic nitrogens is 2. The number of anilines is 1. The first kappa shape index (κ1) is 12.0. The molecule has 0 fully saturated rings. The van der Waals surface area contributed by atoms with Gasteiger partial charge in [-0.05, 0) is 18.2 Å². The average Bonchev–Trinajstić information content (AvgIpc) is 2.81. The van der Waals surface area contributed by atoms with Crippen LogP contribution in [0.25, 0.3) is 0 Å². The quantitative estimate of drug-likeness (QED) is 0.824. The molecule has 1 aromatic carbocycles. The number of aromatic hydroxyl groups is 1. The van der Waals surface area contributed by atoms with Gasteiger partial charge in [-0.2, -0.15) is 18.6 Å². The molecule has 0 saturated heterocycles. The molecule has 2 N–H and O–H groups in total. The van der Waals surface area contributed by atoms with Gasteiger partial charge in [0.05, 0.1) is 5.69 Å². The van der Waals surface area contributed by atoms with E-state index in [1.165, 1.54) is 18.2 Å². The fourth-order valence-corrected chi connectivity index (χ4v) is 1.42. The summed E-state index contributed by atoms with van der Waals surface area (Å²) >= 11 is 0. The molecule has 2 rings (SSSR count). The predicted octanol–water partition coefficient (Wildman–Crippen LogP) is 2.24. The minimum atomic E-state index is -2.90. The molecule has 0 atom stereocenters. The third-order valence-corrected chi connectivity index (χ3v) is 2.24. The van der Waals surface area contributed by atoms with Crippen molar-refractivity contribution in [2.45, 2.75) is 6.55 Å². The molecule has 0 spiro atoms. The van der Waals surface area contributed by atoms with E-state index in [9.17, 15) is 18.7 Å². The van der Waals surface area contributed by atoms with Crippen molar-refractivity contribution in [3.05, 3.63) is 42.2 Å². The molecule has 94 valence electrons. The van der Waals surface area contributed by atoms with Crippen molar-refractivity contribution in [2.75, 3.05) is 5.32 Å². The summed E-state index contributed by atoms with van der Waals surface area (Å²) in [5.41, 5.74) is -0.141. The molecule has 18 heavy (non-hydrogen) atoms. The largest absolute Gasteiger partial charge is 0.506 e. The molecule has 0 aliphatic heterocycles. The second-order valence-electron chi connectivity index (χ2n) is 3.41. The van der Waals surface area contributed by atoms with Gasteiger partial charge in [-0.25, -0.2) is 0 Å². The highest BCUT2D eigenvalue weighted by Crippen LogP contribution is 2.22. The summed E-state index contributed by atoms with van der Waals surface area (Å²) in [5.74, 6) is -0.914. The lowest BCUT2D eigenvalue weighted by atomic mass is 10.3. The predicted molar refractivity (Wildman–Crippen MR) is 59.5 cm³/mol. The van der Waals surface area contributed by atoms with Crippen molar-refractivity contribution in [2.24, 2.45) is 0 Å². The maximum Gasteiger partial charge on any atom is 0.333 e. The van der Waals surface area contributed by atoms with E-state index in [1.807, 2.05) is 0 Å². The summed E-state index contributed by atoms with van der Waals surface area (Å²) < 4.78 is 25.3. The number of benzene rings is 1. The van der Waals surface area contributed by atoms with E-state index < -0.39 is 12.5 Å². The smallest absolute Gasteiger partial charge is 0.333 e. The van der Waals surface area contributed by atoms with Crippen LogP contribution in [-0.4, -0.2) is 20.8 Å². The number of phenolic OH excluding ortho intramolecular Hbond substituents is 1. The Bertz CT molecular complexity index is 569. The molecule has 5 nitrogen and oxygen atoms in total. The highest BCUT2D eigenvalue weighted by Gasteiger charge is 2.18. The number of halogens is 2. The fraction of sp³-hybridized carbons (Fsp3) is 0.0909. The van der Waals surface area contributed by atoms with E-state index in [0.29, 0.717) is 4.68 Å². The van der Waals surface area contributed by atoms with Gasteiger partial charge in [-0.1, -0.05) is 12.1 Å². The van der Waals surface area contributed by atoms with Gasteiger partial charge in [0.1, 0.15) is 11.4 Å². The van der Waals surface area contributed by atoms with Gasteiger partial charge in [0.15, 0.2) is 0 Å². The Balaban J connectivity index is 2.23. The lowest BCUT2D eigenvalue weighted by Gasteiger charge is -2.08. The zero-order valence-corrected chi connectivity index (χ0v) is 9.05. The molecule has 0 aliphatic carbocycles. The Kier molecular flexibility index (Phi) is 3.22. The lowest BCUT2D eigenvalue weighted by molar-refractivity contribution is 0.0520. The number of alkyl halides is 2. The molecule has 0 bridgehead atoms. The number of carbonyl (C=O) groups excluding carboxylic acids is 1. The number of para-hydroxylation sites is 2. The monoisotopic (exact) mass is 253 g/mol. The van der Waals surface area contributed by atoms with Crippen LogP contribution < -0.4 is 5.32 Å². The fourth-order valence-electron chi connectivity index (χ4n) is 1.42. The van der Waals surface area contributed by atoms with Gasteiger partial charge < -0.3 is 10.4 Å². The molecule has 0 saturated carbocycles. The van der Waals surface area contributed by atoms with Gasteiger partial charge in [-0.15, -0.1) is 0 Å². The minimum Gasteiger partial charge on any atom is -0.506 e. The van der Waals surface area contributed by atoms with Crippen molar-refractivity contribution < 1.29 is 18.7 Å². The number of nitrogens with zero attached hydrogens (tertiary/aromatic N) is 2. The van der Waals surface area contributed by atoms with Crippen LogP contribution in [0.1, 0.15) is 17.0 Å². The van der Waals surface area contributed by atoms with Gasteiger partial charge in [-0.3, -0.25) is 4.79 Å². The van der Waals surface area contributed by atoms with Gasteiger partial charge in [0.2, 0.25) is 0 Å². The zero-order valence-electron chi connectivity index (χ0n) is 9.05. The lowest BCUT2D eigenvalue weighted by Crippen LogP contribution is -2.18. The van der Waals surface area contributed by atoms with E-state index >= 15 is 0 Å². The Labute approximate surface area is 101 Å². The SMILES string of the molecule is O=C(Nc1ccccc1O)c1ccnn1C(F)F. The molecule has 0 radical (unpaired) electrons. The van der Waals surface area contributed by atoms with Crippen molar-refractivity contribution >= 4 is 11.6 Å². The standard InChI is InChI=1S/C11H9F2N3O2/c12-11(13)16-8(5-6-14-16)10(18)15-7-3-1-2-4-9(7)17/h1-6,11,17H,(H,15,18). The number of phenols is 1. The van der Waals surface area contributed by atoms with Crippen molar-refractivity contribution in [1.29, 1.82) is 0 Å². The van der Waals surface area contributed by atoms with Gasteiger partial charge >= 0.3 is 6.55 Å². The van der Waals surface area contributed by atoms with Crippen molar-refractivity contribution in [3.8, 4) is 5.75 Å². The Hall–Kier alpha value is -2.44. The molecule has 1 amide bonds. The first-order valence-corrected chi connectivity index (χ1v) is 5.00. The first-order chi connectivity index (χ1) is 8.59. The summed E-state index contributed by atoms with van der Waals surface area (Å²) in [7, 11) is 0. The number of hydrogen-bond donors (Lipinski definition) is 2. The highest BCUT2D eigenvalue weighted by molar-refractivity contribution is 6.03. The van der Waals surface area contributed by atoms with E-state index in [4.69, 9.17) is 0 Å². The average molecular weight is 253 g/mol. The van der Waals surface area contributed by atoms with Crippen molar-refractivity contribution in [3.63, 3.8) is 0 Å². The van der Waals surface area contributed by atoms with Gasteiger partial charge in [0, 0.05) is 6.20 Å². The second kappa shape index (κ2) is 4.82. The second-order valence-corrected chi connectivity index (χ2v) is 3.41. The van der Waals surface area contributed by atoms with E-state index in [-0.39, 0.29) is 17.1 Å². The summed E-state index contributed by atoms with van der Waals surface area (Å²) in [5, 5.41) is 15.1. The van der Waals surface area contributed by atoms with Crippen molar-refractivity contribution in [1.82, 2.24) is 9.78 Å². The zero-order chi connectivity index (χ0) is 13.1. The molecule has 0 aliphatic rings. The Morgan fingerprint density at radius 3 is 2.72 bits per heavy atom. The summed E-state index contributed by atoms with van der Waals surface area (Å²) in [6, 6.07) is 7.17. The number of rotatable bonds is 3. The van der Waals surface area contributed by atoms with Crippen LogP contribution in [-0.2, 0) is 0 Å². The molecular formula is C11H9F2N3O2. The number of amides is 1. The minimum absolute atomic E-state index is 0.143. The molecule has 1 heterocycles. The van der Waals surface area contributed by atoms with E-state index in [1.54, 1.807) is 12.1 Å². The summed E-state index contributed by atoms with van der Waals surface area (Å²) in [4.78, 5) is 11.7. The van der Waals surface area contributed by atoms with Crippen LogP contribution in [0, 0.1) is 0 Å². The summed E-state index contributed by atoms with van der Waals surface area (Å²) in [6.07, 6.45) is 1.10. The van der Waals surface area contributed by atoms with E-state index in [0.717, 1.165) is 6.20 Å². The molecular weight excluding hydrogens is 244 g/mol. The molecule has 7 heteroatoms. The third-order valence-electron chi connectivity index (χ3n) is 2.24. The maximum absolute atomic E-state index is 12.5. The van der Waals surface area contributed by atoms with Crippen LogP contribution in [0.4, 0.5) is 14.5 Å². The van der Waals surface area contributed by atoms with Crippen LogP contribution >= 0.6 is 0 Å². The molecule has 1 aromatic heterocycles. The van der Waals surface area contributed by atoms with Crippen LogP contribution in [0.15, 0.2) is 36.5 Å². The van der Waals surface area contributed by atoms with Crippen LogP contribution in [0.2, 0.25) is 0 Å². The molecule has 0 unspecified atom stereocenters. The third kappa shape index (κ3) is 2.29. The highest BCUT2D eigenvalue weighted by atomic mass is 19.3. The summed E-state index contributed by atoms with van der Waals surface area (Å²) in [6.45, 7) is -2.90. The Morgan fingerprint density at radius 2 is 2.06 bits per heavy atom. The van der Waals surface area contributed by atoms with E-state index in [2.05, 4.69) is 10.4 Å². The van der Waals surface area contributed by atoms with Crippen LogP contribution in [0.5, 0.6) is 5.75 Å². The number of carbonyl (C=O) groups is 1. The number of nitrogens with one attached hydrogen (secondary N) is 1. The first-order valence-electron chi connectivity index (χ1n) is 5.00. The molecule has 2 aromatic rings. The maximum atomic E-state index is 12.5. The van der Waals surface area contributed by atoms with Gasteiger partial charge in [0.25, 0.3) is 5.91 Å². The Morgan fingerprint density at radius 1 is 1.33 bits per heavy atom. The normalized spacial score (nSPS) is 10.6. The number of hydrogen-bond acceptors (Lipinski definition) is 3. The van der Waals surface area contributed by atoms with Crippen LogP contribution in [0.3, 0.4) is 0 Å². The topological polar surface area (TPSA) is 67.2 Å².